The summed E-state index contributed by atoms with van der Waals surface area (Å²) in [7, 11) is 3.23. The Morgan fingerprint density at radius 2 is 2.25 bits per heavy atom. The third-order valence-electron chi connectivity index (χ3n) is 2.14. The molecular weight excluding hydrogens is 210 g/mol. The molecule has 7 heteroatoms. The second-order valence-electron chi connectivity index (χ2n) is 3.37. The molecule has 0 spiro atoms. The molecule has 0 aliphatic carbocycles. The number of nitrogens with one attached hydrogen (secondary N) is 2. The van der Waals surface area contributed by atoms with Crippen molar-refractivity contribution in [2.24, 2.45) is 7.05 Å². The van der Waals surface area contributed by atoms with E-state index in [1.165, 1.54) is 7.11 Å². The summed E-state index contributed by atoms with van der Waals surface area (Å²) in [5, 5.41) is 6.70. The van der Waals surface area contributed by atoms with Gasteiger partial charge in [-0.05, 0) is 6.92 Å². The van der Waals surface area contributed by atoms with Crippen molar-refractivity contribution in [1.29, 1.82) is 0 Å². The zero-order valence-electron chi connectivity index (χ0n) is 9.24. The number of ether oxygens (including phenoxy) is 1. The SMILES string of the molecule is COc1c(C)nc(-c2c[n+](C)[nH]n2)[nH]c1=O. The second-order valence-corrected chi connectivity index (χ2v) is 3.37. The minimum Gasteiger partial charge on any atom is -0.490 e. The Bertz CT molecular complexity index is 572. The number of hydrogen-bond acceptors (Lipinski definition) is 4. The zero-order chi connectivity index (χ0) is 11.7. The summed E-state index contributed by atoms with van der Waals surface area (Å²) in [5.74, 6) is 0.642. The molecule has 0 bridgehead atoms. The van der Waals surface area contributed by atoms with Gasteiger partial charge in [-0.2, -0.15) is 4.68 Å². The van der Waals surface area contributed by atoms with Crippen LogP contribution in [0.25, 0.3) is 11.5 Å². The fourth-order valence-electron chi connectivity index (χ4n) is 1.42. The molecule has 0 unspecified atom stereocenters. The first kappa shape index (κ1) is 10.3. The third-order valence-corrected chi connectivity index (χ3v) is 2.14. The van der Waals surface area contributed by atoms with Crippen LogP contribution in [0, 0.1) is 6.92 Å². The van der Waals surface area contributed by atoms with Gasteiger partial charge in [-0.3, -0.25) is 9.78 Å². The molecule has 0 aromatic carbocycles. The van der Waals surface area contributed by atoms with Gasteiger partial charge < -0.3 is 4.74 Å². The summed E-state index contributed by atoms with van der Waals surface area (Å²) in [5.41, 5.74) is 0.799. The summed E-state index contributed by atoms with van der Waals surface area (Å²) in [4.78, 5) is 18.4. The molecule has 84 valence electrons. The summed E-state index contributed by atoms with van der Waals surface area (Å²) >= 11 is 0. The molecule has 0 aliphatic heterocycles. The van der Waals surface area contributed by atoms with Crippen LogP contribution in [0.2, 0.25) is 0 Å². The van der Waals surface area contributed by atoms with Crippen LogP contribution in [0.1, 0.15) is 5.69 Å². The van der Waals surface area contributed by atoms with Gasteiger partial charge in [0.25, 0.3) is 11.3 Å². The van der Waals surface area contributed by atoms with E-state index in [4.69, 9.17) is 4.74 Å². The molecule has 0 fully saturated rings. The molecule has 7 nitrogen and oxygen atoms in total. The minimum atomic E-state index is -0.310. The molecule has 0 saturated heterocycles. The summed E-state index contributed by atoms with van der Waals surface area (Å²) in [6.45, 7) is 1.71. The van der Waals surface area contributed by atoms with Crippen LogP contribution >= 0.6 is 0 Å². The molecule has 2 rings (SSSR count). The molecule has 2 N–H and O–H groups in total. The lowest BCUT2D eigenvalue weighted by atomic mass is 10.3. The molecule has 2 heterocycles. The van der Waals surface area contributed by atoms with Crippen LogP contribution in [0.5, 0.6) is 5.75 Å². The number of aryl methyl sites for hydroxylation is 2. The van der Waals surface area contributed by atoms with Crippen molar-refractivity contribution in [3.05, 3.63) is 22.2 Å². The van der Waals surface area contributed by atoms with Crippen molar-refractivity contribution < 1.29 is 9.42 Å². The van der Waals surface area contributed by atoms with Crippen LogP contribution in [-0.2, 0) is 7.05 Å². The molecular formula is C9H12N5O2+. The lowest BCUT2D eigenvalue weighted by Crippen LogP contribution is -2.28. The molecule has 2 aromatic heterocycles. The lowest BCUT2D eigenvalue weighted by Gasteiger charge is -2.02. The van der Waals surface area contributed by atoms with E-state index in [1.54, 1.807) is 24.9 Å². The van der Waals surface area contributed by atoms with Gasteiger partial charge in [0, 0.05) is 5.10 Å². The molecule has 0 saturated carbocycles. The monoisotopic (exact) mass is 222 g/mol. The third kappa shape index (κ3) is 1.67. The summed E-state index contributed by atoms with van der Waals surface area (Å²) in [6.07, 6.45) is 1.73. The van der Waals surface area contributed by atoms with Crippen LogP contribution in [0.3, 0.4) is 0 Å². The van der Waals surface area contributed by atoms with Gasteiger partial charge in [0.1, 0.15) is 7.05 Å². The predicted octanol–water partition coefficient (Wildman–Crippen LogP) is -0.698. The Morgan fingerprint density at radius 3 is 2.75 bits per heavy atom. The topological polar surface area (TPSA) is 87.5 Å². The standard InChI is InChI=1S/C9H11N5O2/c1-5-7(16-3)9(15)11-8(10-5)6-4-14(2)13-12-6/h4H,1-3H3,(H,10,11,15)/p+1. The number of aromatic amines is 2. The van der Waals surface area contributed by atoms with E-state index >= 15 is 0 Å². The fourth-order valence-corrected chi connectivity index (χ4v) is 1.42. The second kappa shape index (κ2) is 3.76. The highest BCUT2D eigenvalue weighted by molar-refractivity contribution is 5.46. The highest BCUT2D eigenvalue weighted by Crippen LogP contribution is 2.12. The van der Waals surface area contributed by atoms with Crippen LogP contribution in [-0.4, -0.2) is 27.4 Å². The average molecular weight is 222 g/mol. The molecule has 2 aromatic rings. The minimum absolute atomic E-state index is 0.226. The van der Waals surface area contributed by atoms with E-state index in [-0.39, 0.29) is 11.3 Å². The molecule has 0 atom stereocenters. The van der Waals surface area contributed by atoms with Gasteiger partial charge >= 0.3 is 0 Å². The van der Waals surface area contributed by atoms with E-state index in [2.05, 4.69) is 20.3 Å². The Labute approximate surface area is 91.1 Å². The Hall–Kier alpha value is -2.18. The van der Waals surface area contributed by atoms with E-state index < -0.39 is 0 Å². The number of rotatable bonds is 2. The van der Waals surface area contributed by atoms with Gasteiger partial charge in [0.2, 0.25) is 5.75 Å². The lowest BCUT2D eigenvalue weighted by molar-refractivity contribution is -0.730. The van der Waals surface area contributed by atoms with Gasteiger partial charge in [0.15, 0.2) is 12.0 Å². The van der Waals surface area contributed by atoms with Crippen molar-refractivity contribution in [1.82, 2.24) is 20.3 Å². The first-order chi connectivity index (χ1) is 7.61. The zero-order valence-corrected chi connectivity index (χ0v) is 9.24. The van der Waals surface area contributed by atoms with Crippen molar-refractivity contribution in [3.8, 4) is 17.3 Å². The number of methoxy groups -OCH3 is 1. The fraction of sp³-hybridized carbons (Fsp3) is 0.333. The highest BCUT2D eigenvalue weighted by Gasteiger charge is 2.15. The first-order valence-electron chi connectivity index (χ1n) is 4.68. The molecule has 0 aliphatic rings. The van der Waals surface area contributed by atoms with Crippen molar-refractivity contribution in [2.75, 3.05) is 7.11 Å². The number of H-pyrrole nitrogens is 2. The average Bonchev–Trinajstić information content (AvgIpc) is 2.64. The van der Waals surface area contributed by atoms with Crippen molar-refractivity contribution in [3.63, 3.8) is 0 Å². The van der Waals surface area contributed by atoms with E-state index in [1.807, 2.05) is 0 Å². The summed E-state index contributed by atoms with van der Waals surface area (Å²) < 4.78 is 6.59. The van der Waals surface area contributed by atoms with Crippen LogP contribution < -0.4 is 15.0 Å². The predicted molar refractivity (Wildman–Crippen MR) is 54.9 cm³/mol. The van der Waals surface area contributed by atoms with Gasteiger partial charge in [0.05, 0.1) is 12.8 Å². The number of aromatic nitrogens is 5. The number of nitrogens with zero attached hydrogens (tertiary/aromatic N) is 3. The maximum Gasteiger partial charge on any atom is 0.293 e. The highest BCUT2D eigenvalue weighted by atomic mass is 16.5. The van der Waals surface area contributed by atoms with Gasteiger partial charge in [-0.1, -0.05) is 5.21 Å². The van der Waals surface area contributed by atoms with Crippen LogP contribution in [0.4, 0.5) is 0 Å². The molecule has 16 heavy (non-hydrogen) atoms. The normalized spacial score (nSPS) is 10.4. The quantitative estimate of drug-likeness (QED) is 0.658. The molecule has 0 amide bonds. The largest absolute Gasteiger partial charge is 0.490 e. The van der Waals surface area contributed by atoms with Crippen molar-refractivity contribution >= 4 is 0 Å². The Balaban J connectivity index is 2.56. The maximum atomic E-state index is 11.6. The Kier molecular flexibility index (Phi) is 2.43. The number of hydrogen-bond donors (Lipinski definition) is 2. The van der Waals surface area contributed by atoms with E-state index in [0.29, 0.717) is 17.2 Å². The summed E-state index contributed by atoms with van der Waals surface area (Å²) in [6, 6.07) is 0. The maximum absolute atomic E-state index is 11.6. The molecule has 0 radical (unpaired) electrons. The Morgan fingerprint density at radius 1 is 1.50 bits per heavy atom. The first-order valence-corrected chi connectivity index (χ1v) is 4.68. The van der Waals surface area contributed by atoms with E-state index in [0.717, 1.165) is 0 Å². The smallest absolute Gasteiger partial charge is 0.293 e. The van der Waals surface area contributed by atoms with Gasteiger partial charge in [-0.25, -0.2) is 4.98 Å². The van der Waals surface area contributed by atoms with E-state index in [9.17, 15) is 4.79 Å². The van der Waals surface area contributed by atoms with Crippen molar-refractivity contribution in [2.45, 2.75) is 6.92 Å². The van der Waals surface area contributed by atoms with Gasteiger partial charge in [-0.15, -0.1) is 0 Å². The van der Waals surface area contributed by atoms with Crippen LogP contribution in [0.15, 0.2) is 11.0 Å².